The van der Waals surface area contributed by atoms with E-state index < -0.39 is 11.8 Å². The van der Waals surface area contributed by atoms with Gasteiger partial charge in [-0.25, -0.2) is 9.18 Å². The Balaban J connectivity index is 0.000000921. The predicted molar refractivity (Wildman–Crippen MR) is 58.6 cm³/mol. The molecule has 0 saturated carbocycles. The summed E-state index contributed by atoms with van der Waals surface area (Å²) in [6, 6.07) is 2.83. The lowest BCUT2D eigenvalue weighted by atomic mass is 10.1. The van der Waals surface area contributed by atoms with Crippen LogP contribution < -0.4 is 0 Å². The molecule has 0 N–H and O–H groups in total. The minimum atomic E-state index is -0.638. The van der Waals surface area contributed by atoms with E-state index >= 15 is 0 Å². The smallest absolute Gasteiger partial charge is 0.340 e. The van der Waals surface area contributed by atoms with Crippen molar-refractivity contribution in [2.24, 2.45) is 0 Å². The predicted octanol–water partition coefficient (Wildman–Crippen LogP) is 3.26. The summed E-state index contributed by atoms with van der Waals surface area (Å²) in [7, 11) is 1.23. The number of esters is 1. The summed E-state index contributed by atoms with van der Waals surface area (Å²) in [5.74, 6) is -1.17. The summed E-state index contributed by atoms with van der Waals surface area (Å²) < 4.78 is 17.6. The third kappa shape index (κ3) is 3.35. The molecule has 84 valence electrons. The SMILES string of the molecule is CC.COC(=O)c1cc(C)c(C)cc1F. The van der Waals surface area contributed by atoms with Gasteiger partial charge in [-0.1, -0.05) is 13.8 Å². The average Bonchev–Trinajstić information content (AvgIpc) is 2.25. The molecular formula is C12H17FO2. The first-order valence-corrected chi connectivity index (χ1v) is 4.91. The van der Waals surface area contributed by atoms with E-state index in [-0.39, 0.29) is 5.56 Å². The van der Waals surface area contributed by atoms with Crippen molar-refractivity contribution in [3.63, 3.8) is 0 Å². The van der Waals surface area contributed by atoms with E-state index in [0.717, 1.165) is 11.1 Å². The molecule has 0 spiro atoms. The highest BCUT2D eigenvalue weighted by molar-refractivity contribution is 5.89. The number of aryl methyl sites for hydroxylation is 2. The van der Waals surface area contributed by atoms with Gasteiger partial charge in [0.05, 0.1) is 12.7 Å². The van der Waals surface area contributed by atoms with Crippen LogP contribution in [0.1, 0.15) is 35.3 Å². The van der Waals surface area contributed by atoms with Crippen molar-refractivity contribution < 1.29 is 13.9 Å². The maximum atomic E-state index is 13.2. The van der Waals surface area contributed by atoms with Crippen molar-refractivity contribution >= 4 is 5.97 Å². The first-order valence-electron chi connectivity index (χ1n) is 4.91. The van der Waals surface area contributed by atoms with Gasteiger partial charge in [0.25, 0.3) is 0 Å². The molecule has 0 aliphatic carbocycles. The molecule has 0 fully saturated rings. The first-order chi connectivity index (χ1) is 7.06. The molecule has 0 aliphatic heterocycles. The zero-order valence-electron chi connectivity index (χ0n) is 9.85. The van der Waals surface area contributed by atoms with E-state index in [2.05, 4.69) is 4.74 Å². The standard InChI is InChI=1S/C10H11FO2.C2H6/c1-6-4-8(10(12)13-3)9(11)5-7(6)2;1-2/h4-5H,1-3H3;1-2H3. The van der Waals surface area contributed by atoms with Crippen LogP contribution in [0.4, 0.5) is 4.39 Å². The molecule has 1 aromatic rings. The highest BCUT2D eigenvalue weighted by Crippen LogP contribution is 2.15. The Bertz CT molecular complexity index is 346. The summed E-state index contributed by atoms with van der Waals surface area (Å²) in [6.45, 7) is 7.61. The van der Waals surface area contributed by atoms with E-state index in [4.69, 9.17) is 0 Å². The Hall–Kier alpha value is -1.38. The molecule has 3 heteroatoms. The Morgan fingerprint density at radius 1 is 1.20 bits per heavy atom. The number of ether oxygens (including phenoxy) is 1. The summed E-state index contributed by atoms with van der Waals surface area (Å²) in [5, 5.41) is 0. The zero-order chi connectivity index (χ0) is 12.0. The molecule has 0 atom stereocenters. The topological polar surface area (TPSA) is 26.3 Å². The van der Waals surface area contributed by atoms with Crippen LogP contribution in [-0.4, -0.2) is 13.1 Å². The maximum Gasteiger partial charge on any atom is 0.340 e. The third-order valence-electron chi connectivity index (χ3n) is 1.99. The van der Waals surface area contributed by atoms with Gasteiger partial charge in [-0.3, -0.25) is 0 Å². The number of methoxy groups -OCH3 is 1. The number of benzene rings is 1. The molecule has 1 aromatic carbocycles. The molecule has 0 aliphatic rings. The number of hydrogen-bond donors (Lipinski definition) is 0. The highest BCUT2D eigenvalue weighted by atomic mass is 19.1. The van der Waals surface area contributed by atoms with Gasteiger partial charge in [0.1, 0.15) is 5.82 Å². The van der Waals surface area contributed by atoms with Crippen molar-refractivity contribution in [1.29, 1.82) is 0 Å². The second-order valence-electron chi connectivity index (χ2n) is 2.91. The van der Waals surface area contributed by atoms with E-state index in [1.54, 1.807) is 6.92 Å². The van der Waals surface area contributed by atoms with Crippen LogP contribution in [0.5, 0.6) is 0 Å². The molecule has 0 aromatic heterocycles. The van der Waals surface area contributed by atoms with E-state index in [9.17, 15) is 9.18 Å². The minimum Gasteiger partial charge on any atom is -0.465 e. The molecule has 0 saturated heterocycles. The number of rotatable bonds is 1. The highest BCUT2D eigenvalue weighted by Gasteiger charge is 2.12. The Kier molecular flexibility index (Phi) is 5.60. The monoisotopic (exact) mass is 212 g/mol. The van der Waals surface area contributed by atoms with E-state index in [0.29, 0.717) is 0 Å². The molecule has 1 rings (SSSR count). The van der Waals surface area contributed by atoms with Gasteiger partial charge in [0.2, 0.25) is 0 Å². The molecule has 2 nitrogen and oxygen atoms in total. The first kappa shape index (κ1) is 13.6. The average molecular weight is 212 g/mol. The van der Waals surface area contributed by atoms with E-state index in [1.807, 2.05) is 20.8 Å². The molecule has 0 bridgehead atoms. The normalized spacial score (nSPS) is 8.93. The van der Waals surface area contributed by atoms with Gasteiger partial charge in [-0.05, 0) is 37.1 Å². The quantitative estimate of drug-likeness (QED) is 0.668. The van der Waals surface area contributed by atoms with E-state index in [1.165, 1.54) is 19.2 Å². The summed E-state index contributed by atoms with van der Waals surface area (Å²) in [6.07, 6.45) is 0. The molecular weight excluding hydrogens is 195 g/mol. The van der Waals surface area contributed by atoms with Crippen LogP contribution in [0, 0.1) is 19.7 Å². The van der Waals surface area contributed by atoms with Gasteiger partial charge >= 0.3 is 5.97 Å². The molecule has 15 heavy (non-hydrogen) atoms. The number of carbonyl (C=O) groups excluding carboxylic acids is 1. The summed E-state index contributed by atoms with van der Waals surface area (Å²) in [5.41, 5.74) is 1.69. The lowest BCUT2D eigenvalue weighted by molar-refractivity contribution is 0.0595. The van der Waals surface area contributed by atoms with Crippen LogP contribution >= 0.6 is 0 Å². The van der Waals surface area contributed by atoms with Gasteiger partial charge in [-0.15, -0.1) is 0 Å². The lowest BCUT2D eigenvalue weighted by Crippen LogP contribution is -2.05. The second-order valence-corrected chi connectivity index (χ2v) is 2.91. The lowest BCUT2D eigenvalue weighted by Gasteiger charge is -2.04. The number of halogens is 1. The molecule has 0 amide bonds. The van der Waals surface area contributed by atoms with Crippen LogP contribution in [0.15, 0.2) is 12.1 Å². The number of carbonyl (C=O) groups is 1. The van der Waals surface area contributed by atoms with Gasteiger partial charge < -0.3 is 4.74 Å². The molecule has 0 unspecified atom stereocenters. The molecule has 0 heterocycles. The van der Waals surface area contributed by atoms with Crippen molar-refractivity contribution in [3.05, 3.63) is 34.6 Å². The minimum absolute atomic E-state index is 0.00870. The molecule has 0 radical (unpaired) electrons. The fraction of sp³-hybridized carbons (Fsp3) is 0.417. The largest absolute Gasteiger partial charge is 0.465 e. The number of hydrogen-bond acceptors (Lipinski definition) is 2. The zero-order valence-corrected chi connectivity index (χ0v) is 9.85. The Labute approximate surface area is 90.1 Å². The van der Waals surface area contributed by atoms with Crippen molar-refractivity contribution in [2.45, 2.75) is 27.7 Å². The van der Waals surface area contributed by atoms with Crippen molar-refractivity contribution in [3.8, 4) is 0 Å². The van der Waals surface area contributed by atoms with Crippen LogP contribution in [0.25, 0.3) is 0 Å². The summed E-state index contributed by atoms with van der Waals surface area (Å²) >= 11 is 0. The van der Waals surface area contributed by atoms with Crippen molar-refractivity contribution in [1.82, 2.24) is 0 Å². The Morgan fingerprint density at radius 3 is 2.13 bits per heavy atom. The van der Waals surface area contributed by atoms with Crippen LogP contribution in [0.2, 0.25) is 0 Å². The fourth-order valence-corrected chi connectivity index (χ4v) is 1.05. The summed E-state index contributed by atoms with van der Waals surface area (Å²) in [4.78, 5) is 11.0. The van der Waals surface area contributed by atoms with Crippen LogP contribution in [0.3, 0.4) is 0 Å². The Morgan fingerprint density at radius 2 is 1.67 bits per heavy atom. The van der Waals surface area contributed by atoms with Crippen molar-refractivity contribution in [2.75, 3.05) is 7.11 Å². The second kappa shape index (κ2) is 6.17. The third-order valence-corrected chi connectivity index (χ3v) is 1.99. The maximum absolute atomic E-state index is 13.2. The van der Waals surface area contributed by atoms with Crippen LogP contribution in [-0.2, 0) is 4.74 Å². The fourth-order valence-electron chi connectivity index (χ4n) is 1.05. The van der Waals surface area contributed by atoms with Gasteiger partial charge in [0, 0.05) is 0 Å². The van der Waals surface area contributed by atoms with Gasteiger partial charge in [0.15, 0.2) is 0 Å². The van der Waals surface area contributed by atoms with Gasteiger partial charge in [-0.2, -0.15) is 0 Å².